The number of aliphatic hydroxyl groups is 1. The zero-order valence-electron chi connectivity index (χ0n) is 11.5. The molecule has 0 aliphatic carbocycles. The molecule has 18 heavy (non-hydrogen) atoms. The molecule has 1 aromatic rings. The molecule has 2 atom stereocenters. The van der Waals surface area contributed by atoms with E-state index in [1.165, 1.54) is 6.07 Å². The summed E-state index contributed by atoms with van der Waals surface area (Å²) in [6.07, 6.45) is 0.439. The second kappa shape index (κ2) is 6.03. The van der Waals surface area contributed by atoms with Crippen LogP contribution in [0.1, 0.15) is 39.7 Å². The summed E-state index contributed by atoms with van der Waals surface area (Å²) in [5, 5.41) is 10.2. The van der Waals surface area contributed by atoms with Gasteiger partial charge in [0, 0.05) is 6.42 Å². The lowest BCUT2D eigenvalue weighted by molar-refractivity contribution is 0.109. The Morgan fingerprint density at radius 1 is 1.33 bits per heavy atom. The van der Waals surface area contributed by atoms with E-state index in [0.29, 0.717) is 24.3 Å². The van der Waals surface area contributed by atoms with Crippen LogP contribution in [-0.2, 0) is 6.42 Å². The monoisotopic (exact) mass is 272 g/mol. The third kappa shape index (κ3) is 4.25. The van der Waals surface area contributed by atoms with E-state index in [0.717, 1.165) is 0 Å². The maximum Gasteiger partial charge on any atom is 0.145 e. The van der Waals surface area contributed by atoms with Gasteiger partial charge in [-0.1, -0.05) is 51.4 Å². The van der Waals surface area contributed by atoms with Crippen molar-refractivity contribution in [1.82, 2.24) is 0 Å². The van der Waals surface area contributed by atoms with Crippen molar-refractivity contribution >= 4 is 11.6 Å². The van der Waals surface area contributed by atoms with Gasteiger partial charge in [0.05, 0.1) is 11.1 Å². The molecule has 0 heterocycles. The Morgan fingerprint density at radius 3 is 2.50 bits per heavy atom. The molecule has 0 bridgehead atoms. The van der Waals surface area contributed by atoms with E-state index >= 15 is 0 Å². The van der Waals surface area contributed by atoms with Gasteiger partial charge in [0.15, 0.2) is 0 Å². The smallest absolute Gasteiger partial charge is 0.145 e. The standard InChI is InChI=1S/C15H22ClFO/c1-10(15(2,3)4)8-12(18)9-11-6-5-7-13(16)14(11)17/h5-7,10,12,18H,8-9H2,1-4H3. The van der Waals surface area contributed by atoms with Gasteiger partial charge in [-0.25, -0.2) is 4.39 Å². The van der Waals surface area contributed by atoms with Crippen molar-refractivity contribution in [3.8, 4) is 0 Å². The van der Waals surface area contributed by atoms with Gasteiger partial charge in [-0.05, 0) is 29.4 Å². The van der Waals surface area contributed by atoms with Gasteiger partial charge in [-0.15, -0.1) is 0 Å². The molecule has 102 valence electrons. The first kappa shape index (κ1) is 15.5. The Labute approximate surface area is 114 Å². The first-order chi connectivity index (χ1) is 8.21. The van der Waals surface area contributed by atoms with Crippen LogP contribution >= 0.6 is 11.6 Å². The fourth-order valence-electron chi connectivity index (χ4n) is 1.80. The van der Waals surface area contributed by atoms with Gasteiger partial charge in [0.1, 0.15) is 5.82 Å². The SMILES string of the molecule is CC(CC(O)Cc1cccc(Cl)c1F)C(C)(C)C. The molecule has 0 amide bonds. The average molecular weight is 273 g/mol. The zero-order valence-corrected chi connectivity index (χ0v) is 12.3. The predicted molar refractivity (Wildman–Crippen MR) is 74.4 cm³/mol. The Bertz CT molecular complexity index is 398. The van der Waals surface area contributed by atoms with Crippen LogP contribution in [0, 0.1) is 17.2 Å². The maximum absolute atomic E-state index is 13.7. The van der Waals surface area contributed by atoms with E-state index in [1.54, 1.807) is 12.1 Å². The second-order valence-electron chi connectivity index (χ2n) is 6.07. The number of halogens is 2. The molecule has 0 fully saturated rings. The fraction of sp³-hybridized carbons (Fsp3) is 0.600. The van der Waals surface area contributed by atoms with Gasteiger partial charge in [-0.2, -0.15) is 0 Å². The summed E-state index contributed by atoms with van der Waals surface area (Å²) < 4.78 is 13.7. The molecule has 1 nitrogen and oxygen atoms in total. The van der Waals surface area contributed by atoms with Crippen molar-refractivity contribution in [2.45, 2.75) is 46.6 Å². The molecule has 0 saturated heterocycles. The van der Waals surface area contributed by atoms with Crippen LogP contribution in [0.2, 0.25) is 5.02 Å². The Hall–Kier alpha value is -0.600. The molecule has 0 aliphatic heterocycles. The highest BCUT2D eigenvalue weighted by atomic mass is 35.5. The van der Waals surface area contributed by atoms with Crippen LogP contribution in [0.15, 0.2) is 18.2 Å². The first-order valence-corrected chi connectivity index (χ1v) is 6.70. The number of hydrogen-bond donors (Lipinski definition) is 1. The van der Waals surface area contributed by atoms with Crippen LogP contribution in [-0.4, -0.2) is 11.2 Å². The maximum atomic E-state index is 13.7. The lowest BCUT2D eigenvalue weighted by Gasteiger charge is -2.29. The van der Waals surface area contributed by atoms with E-state index < -0.39 is 11.9 Å². The van der Waals surface area contributed by atoms with Gasteiger partial charge in [0.2, 0.25) is 0 Å². The molecule has 1 rings (SSSR count). The van der Waals surface area contributed by atoms with Crippen molar-refractivity contribution in [2.75, 3.05) is 0 Å². The first-order valence-electron chi connectivity index (χ1n) is 6.32. The predicted octanol–water partition coefficient (Wildman–Crippen LogP) is 4.45. The molecule has 0 aromatic heterocycles. The third-order valence-electron chi connectivity index (χ3n) is 3.59. The largest absolute Gasteiger partial charge is 0.393 e. The van der Waals surface area contributed by atoms with Crippen molar-refractivity contribution in [3.05, 3.63) is 34.6 Å². The highest BCUT2D eigenvalue weighted by molar-refractivity contribution is 6.30. The molecule has 0 radical (unpaired) electrons. The quantitative estimate of drug-likeness (QED) is 0.858. The van der Waals surface area contributed by atoms with Gasteiger partial charge < -0.3 is 5.11 Å². The van der Waals surface area contributed by atoms with E-state index in [4.69, 9.17) is 11.6 Å². The number of aliphatic hydroxyl groups excluding tert-OH is 1. The molecule has 0 aliphatic rings. The Balaban J connectivity index is 2.65. The Kier molecular flexibility index (Phi) is 5.18. The topological polar surface area (TPSA) is 20.2 Å². The van der Waals surface area contributed by atoms with Crippen molar-refractivity contribution in [1.29, 1.82) is 0 Å². The summed E-state index contributed by atoms with van der Waals surface area (Å²) in [6.45, 7) is 8.54. The van der Waals surface area contributed by atoms with Gasteiger partial charge in [-0.3, -0.25) is 0 Å². The summed E-state index contributed by atoms with van der Waals surface area (Å²) in [7, 11) is 0. The van der Waals surface area contributed by atoms with Crippen molar-refractivity contribution < 1.29 is 9.50 Å². The van der Waals surface area contributed by atoms with Crippen LogP contribution < -0.4 is 0 Å². The highest BCUT2D eigenvalue weighted by Gasteiger charge is 2.23. The molecular formula is C15H22ClFO. The molecule has 1 N–H and O–H groups in total. The lowest BCUT2D eigenvalue weighted by Crippen LogP contribution is -2.24. The minimum absolute atomic E-state index is 0.114. The lowest BCUT2D eigenvalue weighted by atomic mass is 9.78. The third-order valence-corrected chi connectivity index (χ3v) is 3.88. The molecule has 1 aromatic carbocycles. The van der Waals surface area contributed by atoms with Crippen molar-refractivity contribution in [3.63, 3.8) is 0 Å². The van der Waals surface area contributed by atoms with Gasteiger partial charge in [0.25, 0.3) is 0 Å². The summed E-state index contributed by atoms with van der Waals surface area (Å²) in [5.41, 5.74) is 0.629. The molecule has 0 saturated carbocycles. The fourth-order valence-corrected chi connectivity index (χ4v) is 2.00. The second-order valence-corrected chi connectivity index (χ2v) is 6.48. The van der Waals surface area contributed by atoms with Crippen molar-refractivity contribution in [2.24, 2.45) is 11.3 Å². The minimum atomic E-state index is -0.535. The number of rotatable bonds is 4. The molecule has 2 unspecified atom stereocenters. The van der Waals surface area contributed by atoms with Gasteiger partial charge >= 0.3 is 0 Å². The van der Waals surface area contributed by atoms with E-state index in [1.807, 2.05) is 0 Å². The van der Waals surface area contributed by atoms with Crippen LogP contribution in [0.5, 0.6) is 0 Å². The van der Waals surface area contributed by atoms with E-state index in [9.17, 15) is 9.50 Å². The number of benzene rings is 1. The molecular weight excluding hydrogens is 251 g/mol. The summed E-state index contributed by atoms with van der Waals surface area (Å²) >= 11 is 5.72. The van der Waals surface area contributed by atoms with Crippen LogP contribution in [0.3, 0.4) is 0 Å². The normalized spacial score (nSPS) is 15.5. The summed E-state index contributed by atoms with van der Waals surface area (Å²) in [4.78, 5) is 0. The molecule has 0 spiro atoms. The number of hydrogen-bond acceptors (Lipinski definition) is 1. The Morgan fingerprint density at radius 2 is 1.94 bits per heavy atom. The minimum Gasteiger partial charge on any atom is -0.393 e. The van der Waals surface area contributed by atoms with Crippen LogP contribution in [0.25, 0.3) is 0 Å². The summed E-state index contributed by atoms with van der Waals surface area (Å²) in [6, 6.07) is 4.90. The average Bonchev–Trinajstić information content (AvgIpc) is 2.23. The zero-order chi connectivity index (χ0) is 13.9. The molecule has 3 heteroatoms. The van der Waals surface area contributed by atoms with E-state index in [2.05, 4.69) is 27.7 Å². The summed E-state index contributed by atoms with van der Waals surface area (Å²) in [5.74, 6) is -0.0450. The highest BCUT2D eigenvalue weighted by Crippen LogP contribution is 2.30. The van der Waals surface area contributed by atoms with Crippen LogP contribution in [0.4, 0.5) is 4.39 Å². The van der Waals surface area contributed by atoms with E-state index in [-0.39, 0.29) is 10.4 Å².